The van der Waals surface area contributed by atoms with Crippen molar-refractivity contribution in [3.8, 4) is 34.7 Å². The Bertz CT molecular complexity index is 1190. The number of rotatable bonds is 9. The van der Waals surface area contributed by atoms with Crippen LogP contribution in [0.15, 0.2) is 40.9 Å². The minimum absolute atomic E-state index is 0.0307. The third kappa shape index (κ3) is 5.42. The van der Waals surface area contributed by atoms with Crippen molar-refractivity contribution in [3.63, 3.8) is 0 Å². The molecule has 2 atom stereocenters. The van der Waals surface area contributed by atoms with E-state index in [9.17, 15) is 9.81 Å². The van der Waals surface area contributed by atoms with Crippen LogP contribution in [0.3, 0.4) is 0 Å². The van der Waals surface area contributed by atoms with Gasteiger partial charge in [0.2, 0.25) is 5.82 Å². The maximum absolute atomic E-state index is 12.5. The van der Waals surface area contributed by atoms with Crippen LogP contribution in [-0.2, 0) is 17.8 Å². The van der Waals surface area contributed by atoms with E-state index in [0.717, 1.165) is 36.1 Å². The Morgan fingerprint density at radius 2 is 2.15 bits per heavy atom. The maximum atomic E-state index is 12.5. The van der Waals surface area contributed by atoms with Crippen molar-refractivity contribution < 1.29 is 13.8 Å². The molecule has 0 amide bonds. The molecule has 178 valence electrons. The Hall–Kier alpha value is -2.90. The minimum atomic E-state index is -1.10. The van der Waals surface area contributed by atoms with E-state index in [0.29, 0.717) is 34.3 Å². The van der Waals surface area contributed by atoms with E-state index in [2.05, 4.69) is 27.0 Å². The number of benzene rings is 2. The fourth-order valence-electron chi connectivity index (χ4n) is 4.03. The lowest BCUT2D eigenvalue weighted by Crippen LogP contribution is -2.33. The number of ether oxygens (including phenoxy) is 1. The Balaban J connectivity index is 1.55. The molecular weight excluding hydrogens is 450 g/mol. The topological polar surface area (TPSA) is 110 Å². The van der Waals surface area contributed by atoms with Gasteiger partial charge in [0, 0.05) is 29.0 Å². The standard InChI is InChI=1S/C25H29N5O3S/c1-16(2)32-23-11-8-17(14-18(23)15-26)25-27-24(28-33-25)21-7-5-6-20-19(21)9-10-22(20)29-34(31)13-12-30(3)4/h5-8,11,14,16,22,29H,9-10,12-13H2,1-4H3. The first-order valence-corrected chi connectivity index (χ1v) is 12.6. The number of nitriles is 1. The highest BCUT2D eigenvalue weighted by Gasteiger charge is 2.29. The molecule has 0 aliphatic heterocycles. The molecule has 0 fully saturated rings. The van der Waals surface area contributed by atoms with Crippen molar-refractivity contribution in [2.45, 2.75) is 38.8 Å². The SMILES string of the molecule is CC(C)Oc1ccc(-c2nc(-c3cccc4c3CCC4N[S+]([O-])CCN(C)C)no2)cc1C#N. The van der Waals surface area contributed by atoms with Crippen LogP contribution in [0.1, 0.15) is 43.0 Å². The minimum Gasteiger partial charge on any atom is -0.598 e. The van der Waals surface area contributed by atoms with Crippen LogP contribution in [0.2, 0.25) is 0 Å². The number of aromatic nitrogens is 2. The molecule has 1 aliphatic rings. The fourth-order valence-corrected chi connectivity index (χ4v) is 5.24. The quantitative estimate of drug-likeness (QED) is 0.461. The molecule has 0 radical (unpaired) electrons. The highest BCUT2D eigenvalue weighted by Crippen LogP contribution is 2.38. The number of nitrogens with zero attached hydrogens (tertiary/aromatic N) is 4. The third-order valence-corrected chi connectivity index (χ3v) is 6.75. The normalized spacial score (nSPS) is 16.0. The van der Waals surface area contributed by atoms with Gasteiger partial charge in [-0.05, 0) is 70.1 Å². The van der Waals surface area contributed by atoms with E-state index < -0.39 is 11.4 Å². The summed E-state index contributed by atoms with van der Waals surface area (Å²) in [7, 11) is 3.95. The summed E-state index contributed by atoms with van der Waals surface area (Å²) in [5, 5.41) is 13.7. The highest BCUT2D eigenvalue weighted by atomic mass is 32.2. The maximum Gasteiger partial charge on any atom is 0.258 e. The van der Waals surface area contributed by atoms with Gasteiger partial charge in [-0.1, -0.05) is 23.4 Å². The molecule has 0 bridgehead atoms. The van der Waals surface area contributed by atoms with Gasteiger partial charge in [0.15, 0.2) is 0 Å². The van der Waals surface area contributed by atoms with Crippen LogP contribution in [0, 0.1) is 11.3 Å². The van der Waals surface area contributed by atoms with Gasteiger partial charge in [-0.25, -0.2) is 0 Å². The van der Waals surface area contributed by atoms with E-state index in [-0.39, 0.29) is 12.1 Å². The second kappa shape index (κ2) is 10.6. The predicted molar refractivity (Wildman–Crippen MR) is 131 cm³/mol. The van der Waals surface area contributed by atoms with Crippen molar-refractivity contribution >= 4 is 11.4 Å². The van der Waals surface area contributed by atoms with Gasteiger partial charge >= 0.3 is 0 Å². The number of nitrogens with one attached hydrogen (secondary N) is 1. The molecule has 1 N–H and O–H groups in total. The van der Waals surface area contributed by atoms with Crippen molar-refractivity contribution in [2.24, 2.45) is 0 Å². The van der Waals surface area contributed by atoms with Crippen LogP contribution in [0.5, 0.6) is 5.75 Å². The zero-order chi connectivity index (χ0) is 24.2. The summed E-state index contributed by atoms with van der Waals surface area (Å²) in [5.74, 6) is 1.96. The summed E-state index contributed by atoms with van der Waals surface area (Å²) in [4.78, 5) is 6.64. The summed E-state index contributed by atoms with van der Waals surface area (Å²) in [5.41, 5.74) is 4.27. The van der Waals surface area contributed by atoms with Crippen LogP contribution in [0.4, 0.5) is 0 Å². The van der Waals surface area contributed by atoms with Gasteiger partial charge in [0.1, 0.15) is 17.6 Å². The number of fused-ring (bicyclic) bond motifs is 1. The molecule has 8 nitrogen and oxygen atoms in total. The van der Waals surface area contributed by atoms with Crippen molar-refractivity contribution in [3.05, 3.63) is 53.1 Å². The predicted octanol–water partition coefficient (Wildman–Crippen LogP) is 3.86. The summed E-state index contributed by atoms with van der Waals surface area (Å²) >= 11 is -1.10. The lowest BCUT2D eigenvalue weighted by atomic mass is 10.0. The number of hydrogen-bond acceptors (Lipinski definition) is 8. The molecule has 4 rings (SSSR count). The van der Waals surface area contributed by atoms with Gasteiger partial charge in [0.25, 0.3) is 5.89 Å². The Morgan fingerprint density at radius 3 is 2.88 bits per heavy atom. The average molecular weight is 480 g/mol. The van der Waals surface area contributed by atoms with E-state index in [4.69, 9.17) is 9.26 Å². The number of hydrogen-bond donors (Lipinski definition) is 1. The van der Waals surface area contributed by atoms with Crippen LogP contribution in [-0.4, -0.2) is 52.1 Å². The van der Waals surface area contributed by atoms with Gasteiger partial charge in [-0.15, -0.1) is 4.72 Å². The molecule has 0 spiro atoms. The summed E-state index contributed by atoms with van der Waals surface area (Å²) in [6.45, 7) is 4.60. The largest absolute Gasteiger partial charge is 0.598 e. The van der Waals surface area contributed by atoms with Crippen molar-refractivity contribution in [1.82, 2.24) is 19.8 Å². The van der Waals surface area contributed by atoms with Crippen LogP contribution >= 0.6 is 0 Å². The summed E-state index contributed by atoms with van der Waals surface area (Å²) in [6, 6.07) is 13.5. The third-order valence-electron chi connectivity index (χ3n) is 5.64. The molecule has 2 unspecified atom stereocenters. The van der Waals surface area contributed by atoms with E-state index in [1.54, 1.807) is 12.1 Å². The molecule has 2 aromatic carbocycles. The first-order valence-electron chi connectivity index (χ1n) is 11.3. The molecule has 0 saturated carbocycles. The molecule has 1 aromatic heterocycles. The lowest BCUT2D eigenvalue weighted by Gasteiger charge is -2.18. The zero-order valence-corrected chi connectivity index (χ0v) is 20.7. The van der Waals surface area contributed by atoms with Gasteiger partial charge < -0.3 is 18.7 Å². The van der Waals surface area contributed by atoms with Gasteiger partial charge in [-0.2, -0.15) is 10.2 Å². The zero-order valence-electron chi connectivity index (χ0n) is 19.9. The molecule has 1 aliphatic carbocycles. The fraction of sp³-hybridized carbons (Fsp3) is 0.400. The molecule has 1 heterocycles. The van der Waals surface area contributed by atoms with Crippen LogP contribution < -0.4 is 9.46 Å². The van der Waals surface area contributed by atoms with Crippen molar-refractivity contribution in [2.75, 3.05) is 26.4 Å². The van der Waals surface area contributed by atoms with Gasteiger partial charge in [0.05, 0.1) is 17.7 Å². The second-order valence-corrected chi connectivity index (χ2v) is 10.2. The molecule has 0 saturated heterocycles. The molecule has 34 heavy (non-hydrogen) atoms. The first kappa shape index (κ1) is 24.2. The monoisotopic (exact) mass is 479 g/mol. The lowest BCUT2D eigenvalue weighted by molar-refractivity contribution is 0.241. The first-order chi connectivity index (χ1) is 16.4. The van der Waals surface area contributed by atoms with E-state index in [1.807, 2.05) is 51.0 Å². The second-order valence-electron chi connectivity index (χ2n) is 8.85. The molecule has 9 heteroatoms. The van der Waals surface area contributed by atoms with Crippen LogP contribution in [0.25, 0.3) is 22.8 Å². The average Bonchev–Trinajstić information content (AvgIpc) is 3.45. The summed E-state index contributed by atoms with van der Waals surface area (Å²) in [6.07, 6.45) is 1.68. The highest BCUT2D eigenvalue weighted by molar-refractivity contribution is 7.89. The smallest absolute Gasteiger partial charge is 0.258 e. The van der Waals surface area contributed by atoms with E-state index >= 15 is 0 Å². The molecule has 3 aromatic rings. The van der Waals surface area contributed by atoms with Gasteiger partial charge in [-0.3, -0.25) is 0 Å². The Labute approximate surface area is 203 Å². The van der Waals surface area contributed by atoms with Crippen molar-refractivity contribution in [1.29, 1.82) is 5.26 Å². The Morgan fingerprint density at radius 1 is 1.32 bits per heavy atom. The Kier molecular flexibility index (Phi) is 7.54. The summed E-state index contributed by atoms with van der Waals surface area (Å²) < 4.78 is 27.0. The molecular formula is C25H29N5O3S. The van der Waals surface area contributed by atoms with E-state index in [1.165, 1.54) is 0 Å².